The average molecular weight is 256 g/mol. The van der Waals surface area contributed by atoms with Crippen LogP contribution in [-0.2, 0) is 0 Å². The fraction of sp³-hybridized carbons (Fsp3) is 0.471. The van der Waals surface area contributed by atoms with Crippen molar-refractivity contribution < 1.29 is 0 Å². The number of hydrogen-bond donors (Lipinski definition) is 1. The first-order chi connectivity index (χ1) is 9.09. The molecule has 1 aromatic carbocycles. The van der Waals surface area contributed by atoms with Crippen LogP contribution in [0.1, 0.15) is 27.7 Å². The highest BCUT2D eigenvalue weighted by molar-refractivity contribution is 5.91. The molecule has 0 aliphatic carbocycles. The van der Waals surface area contributed by atoms with Crippen molar-refractivity contribution in [3.63, 3.8) is 0 Å². The van der Waals surface area contributed by atoms with E-state index in [1.54, 1.807) is 0 Å². The first kappa shape index (κ1) is 13.9. The van der Waals surface area contributed by atoms with Crippen LogP contribution in [0.15, 0.2) is 36.5 Å². The Bertz CT molecular complexity index is 518. The Balaban J connectivity index is 2.17. The molecule has 0 amide bonds. The average Bonchev–Trinajstić information content (AvgIpc) is 2.38. The molecule has 0 aliphatic heterocycles. The molecule has 1 N–H and O–H groups in total. The molecule has 0 bridgehead atoms. The standard InChI is InChI=1S/C17H24N2/c1-12(2)16(13(3)4)11-19-17-15-8-6-5-7-14(15)9-10-18-17/h5-10,12-13,16H,11H2,1-4H3,(H,18,19). The van der Waals surface area contributed by atoms with Gasteiger partial charge in [-0.25, -0.2) is 4.98 Å². The van der Waals surface area contributed by atoms with Crippen molar-refractivity contribution >= 4 is 16.6 Å². The second-order valence-electron chi connectivity index (χ2n) is 5.91. The highest BCUT2D eigenvalue weighted by atomic mass is 15.0. The molecule has 0 aliphatic rings. The van der Waals surface area contributed by atoms with E-state index in [1.807, 2.05) is 6.20 Å². The van der Waals surface area contributed by atoms with E-state index in [0.29, 0.717) is 17.8 Å². The monoisotopic (exact) mass is 256 g/mol. The summed E-state index contributed by atoms with van der Waals surface area (Å²) in [6.45, 7) is 10.2. The molecule has 0 saturated heterocycles. The topological polar surface area (TPSA) is 24.9 Å². The summed E-state index contributed by atoms with van der Waals surface area (Å²) in [7, 11) is 0. The number of pyridine rings is 1. The predicted octanol–water partition coefficient (Wildman–Crippen LogP) is 4.57. The lowest BCUT2D eigenvalue weighted by Gasteiger charge is -2.25. The van der Waals surface area contributed by atoms with Crippen LogP contribution < -0.4 is 5.32 Å². The summed E-state index contributed by atoms with van der Waals surface area (Å²) in [6.07, 6.45) is 1.88. The van der Waals surface area contributed by atoms with Gasteiger partial charge in [0.1, 0.15) is 5.82 Å². The molecule has 1 aromatic heterocycles. The molecule has 2 aromatic rings. The molecule has 19 heavy (non-hydrogen) atoms. The van der Waals surface area contributed by atoms with E-state index in [2.05, 4.69) is 68.3 Å². The van der Waals surface area contributed by atoms with Crippen molar-refractivity contribution in [1.29, 1.82) is 0 Å². The van der Waals surface area contributed by atoms with Crippen molar-refractivity contribution in [3.05, 3.63) is 36.5 Å². The molecular weight excluding hydrogens is 232 g/mol. The van der Waals surface area contributed by atoms with Gasteiger partial charge < -0.3 is 5.32 Å². The summed E-state index contributed by atoms with van der Waals surface area (Å²) in [5.74, 6) is 3.04. The Kier molecular flexibility index (Phi) is 4.41. The number of nitrogens with zero attached hydrogens (tertiary/aromatic N) is 1. The van der Waals surface area contributed by atoms with Crippen molar-refractivity contribution in [3.8, 4) is 0 Å². The first-order valence-electron chi connectivity index (χ1n) is 7.17. The van der Waals surface area contributed by atoms with Crippen LogP contribution in [0.2, 0.25) is 0 Å². The number of aromatic nitrogens is 1. The van der Waals surface area contributed by atoms with Crippen LogP contribution in [0, 0.1) is 17.8 Å². The van der Waals surface area contributed by atoms with E-state index in [1.165, 1.54) is 10.8 Å². The largest absolute Gasteiger partial charge is 0.369 e. The minimum absolute atomic E-state index is 0.667. The van der Waals surface area contributed by atoms with Gasteiger partial charge in [-0.2, -0.15) is 0 Å². The summed E-state index contributed by atoms with van der Waals surface area (Å²) in [6, 6.07) is 10.5. The Hall–Kier alpha value is -1.57. The van der Waals surface area contributed by atoms with Crippen LogP contribution >= 0.6 is 0 Å². The highest BCUT2D eigenvalue weighted by Gasteiger charge is 2.17. The molecule has 102 valence electrons. The number of hydrogen-bond acceptors (Lipinski definition) is 2. The first-order valence-corrected chi connectivity index (χ1v) is 7.17. The van der Waals surface area contributed by atoms with Crippen LogP contribution in [0.25, 0.3) is 10.8 Å². The minimum atomic E-state index is 0.667. The van der Waals surface area contributed by atoms with Crippen molar-refractivity contribution in [2.24, 2.45) is 17.8 Å². The predicted molar refractivity (Wildman–Crippen MR) is 83.4 cm³/mol. The number of fused-ring (bicyclic) bond motifs is 1. The quantitative estimate of drug-likeness (QED) is 0.847. The smallest absolute Gasteiger partial charge is 0.133 e. The van der Waals surface area contributed by atoms with Gasteiger partial charge in [-0.3, -0.25) is 0 Å². The molecular formula is C17H24N2. The van der Waals surface area contributed by atoms with Gasteiger partial charge in [-0.15, -0.1) is 0 Å². The Morgan fingerprint density at radius 1 is 1.00 bits per heavy atom. The molecule has 2 heteroatoms. The minimum Gasteiger partial charge on any atom is -0.369 e. The lowest BCUT2D eigenvalue weighted by Crippen LogP contribution is -2.24. The Morgan fingerprint density at radius 3 is 2.37 bits per heavy atom. The van der Waals surface area contributed by atoms with E-state index in [0.717, 1.165) is 12.4 Å². The molecule has 2 rings (SSSR count). The van der Waals surface area contributed by atoms with Crippen LogP contribution in [-0.4, -0.2) is 11.5 Å². The van der Waals surface area contributed by atoms with Crippen LogP contribution in [0.5, 0.6) is 0 Å². The van der Waals surface area contributed by atoms with Gasteiger partial charge >= 0.3 is 0 Å². The summed E-state index contributed by atoms with van der Waals surface area (Å²) < 4.78 is 0. The fourth-order valence-electron chi connectivity index (χ4n) is 2.72. The summed E-state index contributed by atoms with van der Waals surface area (Å²) >= 11 is 0. The van der Waals surface area contributed by atoms with E-state index in [4.69, 9.17) is 0 Å². The molecule has 0 atom stereocenters. The third kappa shape index (κ3) is 3.25. The molecule has 1 heterocycles. The lowest BCUT2D eigenvalue weighted by atomic mass is 9.85. The Morgan fingerprint density at radius 2 is 1.68 bits per heavy atom. The zero-order valence-electron chi connectivity index (χ0n) is 12.4. The number of benzene rings is 1. The molecule has 0 unspecified atom stereocenters. The van der Waals surface area contributed by atoms with E-state index >= 15 is 0 Å². The van der Waals surface area contributed by atoms with Crippen molar-refractivity contribution in [2.75, 3.05) is 11.9 Å². The van der Waals surface area contributed by atoms with Crippen LogP contribution in [0.4, 0.5) is 5.82 Å². The molecule has 0 radical (unpaired) electrons. The maximum absolute atomic E-state index is 4.49. The summed E-state index contributed by atoms with van der Waals surface area (Å²) in [5.41, 5.74) is 0. The summed E-state index contributed by atoms with van der Waals surface area (Å²) in [5, 5.41) is 5.99. The highest BCUT2D eigenvalue weighted by Crippen LogP contribution is 2.24. The zero-order valence-corrected chi connectivity index (χ0v) is 12.4. The van der Waals surface area contributed by atoms with Crippen molar-refractivity contribution in [1.82, 2.24) is 4.98 Å². The molecule has 0 fully saturated rings. The fourth-order valence-corrected chi connectivity index (χ4v) is 2.72. The van der Waals surface area contributed by atoms with Gasteiger partial charge in [0, 0.05) is 18.1 Å². The maximum Gasteiger partial charge on any atom is 0.133 e. The SMILES string of the molecule is CC(C)C(CNc1nccc2ccccc12)C(C)C. The van der Waals surface area contributed by atoms with Crippen molar-refractivity contribution in [2.45, 2.75) is 27.7 Å². The van der Waals surface area contributed by atoms with Gasteiger partial charge in [0.25, 0.3) is 0 Å². The van der Waals surface area contributed by atoms with E-state index in [-0.39, 0.29) is 0 Å². The van der Waals surface area contributed by atoms with E-state index in [9.17, 15) is 0 Å². The zero-order chi connectivity index (χ0) is 13.8. The number of rotatable bonds is 5. The normalized spacial score (nSPS) is 11.7. The van der Waals surface area contributed by atoms with Crippen LogP contribution in [0.3, 0.4) is 0 Å². The maximum atomic E-state index is 4.49. The molecule has 0 saturated carbocycles. The second kappa shape index (κ2) is 6.05. The second-order valence-corrected chi connectivity index (χ2v) is 5.91. The lowest BCUT2D eigenvalue weighted by molar-refractivity contribution is 0.304. The number of nitrogens with one attached hydrogen (secondary N) is 1. The third-order valence-electron chi connectivity index (χ3n) is 3.89. The van der Waals surface area contributed by atoms with E-state index < -0.39 is 0 Å². The van der Waals surface area contributed by atoms with Gasteiger partial charge in [-0.05, 0) is 29.2 Å². The van der Waals surface area contributed by atoms with Gasteiger partial charge in [0.2, 0.25) is 0 Å². The number of anilines is 1. The van der Waals surface area contributed by atoms with Gasteiger partial charge in [-0.1, -0.05) is 52.0 Å². The molecule has 0 spiro atoms. The summed E-state index contributed by atoms with van der Waals surface area (Å²) in [4.78, 5) is 4.49. The molecule has 2 nitrogen and oxygen atoms in total. The van der Waals surface area contributed by atoms with Gasteiger partial charge in [0.05, 0.1) is 0 Å². The third-order valence-corrected chi connectivity index (χ3v) is 3.89. The van der Waals surface area contributed by atoms with Gasteiger partial charge in [0.15, 0.2) is 0 Å². The Labute approximate surface area is 116 Å².